The van der Waals surface area contributed by atoms with Crippen LogP contribution in [0, 0.1) is 0 Å². The van der Waals surface area contributed by atoms with Crippen LogP contribution in [0.4, 0.5) is 0 Å². The number of hydrogen-bond acceptors (Lipinski definition) is 3. The van der Waals surface area contributed by atoms with Crippen molar-refractivity contribution in [2.75, 3.05) is 19.6 Å². The van der Waals surface area contributed by atoms with E-state index in [1.165, 1.54) is 77.0 Å². The van der Waals surface area contributed by atoms with E-state index in [9.17, 15) is 0 Å². The molecule has 21 heavy (non-hydrogen) atoms. The third-order valence-corrected chi connectivity index (χ3v) is 3.98. The first-order valence-electron chi connectivity index (χ1n) is 9.59. The fourth-order valence-corrected chi connectivity index (χ4v) is 2.52. The molecule has 0 unspecified atom stereocenters. The van der Waals surface area contributed by atoms with Crippen molar-refractivity contribution in [1.29, 1.82) is 0 Å². The van der Waals surface area contributed by atoms with Crippen LogP contribution >= 0.6 is 0 Å². The van der Waals surface area contributed by atoms with E-state index in [0.29, 0.717) is 0 Å². The lowest BCUT2D eigenvalue weighted by atomic mass is 10.1. The van der Waals surface area contributed by atoms with Crippen molar-refractivity contribution in [3.8, 4) is 0 Å². The molecule has 0 rings (SSSR count). The lowest BCUT2D eigenvalue weighted by Crippen LogP contribution is -2.48. The quantitative estimate of drug-likeness (QED) is 0.291. The third kappa shape index (κ3) is 16.1. The van der Waals surface area contributed by atoms with Gasteiger partial charge in [-0.15, -0.1) is 0 Å². The van der Waals surface area contributed by atoms with Gasteiger partial charge in [0.1, 0.15) is 0 Å². The lowest BCUT2D eigenvalue weighted by molar-refractivity contribution is 0.120. The van der Waals surface area contributed by atoms with Crippen LogP contribution in [-0.2, 0) is 0 Å². The number of hydrogen-bond donors (Lipinski definition) is 2. The minimum Gasteiger partial charge on any atom is -0.242 e. The molecule has 128 valence electrons. The third-order valence-electron chi connectivity index (χ3n) is 3.98. The maximum atomic E-state index is 3.49. The molecule has 0 bridgehead atoms. The molecular weight excluding hydrogens is 258 g/mol. The molecule has 2 N–H and O–H groups in total. The van der Waals surface area contributed by atoms with Gasteiger partial charge in [0, 0.05) is 19.6 Å². The second-order valence-corrected chi connectivity index (χ2v) is 6.10. The van der Waals surface area contributed by atoms with Crippen molar-refractivity contribution < 1.29 is 0 Å². The molecule has 0 radical (unpaired) electrons. The van der Waals surface area contributed by atoms with Gasteiger partial charge < -0.3 is 0 Å². The molecule has 0 amide bonds. The predicted molar refractivity (Wildman–Crippen MR) is 95.1 cm³/mol. The van der Waals surface area contributed by atoms with Gasteiger partial charge in [-0.05, 0) is 19.8 Å². The Bertz CT molecular complexity index is 167. The summed E-state index contributed by atoms with van der Waals surface area (Å²) in [6.45, 7) is 9.97. The van der Waals surface area contributed by atoms with Crippen LogP contribution in [0.3, 0.4) is 0 Å². The summed E-state index contributed by atoms with van der Waals surface area (Å²) in [5, 5.41) is 2.16. The van der Waals surface area contributed by atoms with Gasteiger partial charge in [0.15, 0.2) is 0 Å². The molecule has 0 fully saturated rings. The lowest BCUT2D eigenvalue weighted by Gasteiger charge is -2.22. The average molecular weight is 300 g/mol. The van der Waals surface area contributed by atoms with Crippen molar-refractivity contribution in [1.82, 2.24) is 16.0 Å². The summed E-state index contributed by atoms with van der Waals surface area (Å²) in [7, 11) is 0. The Kier molecular flexibility index (Phi) is 17.8. The van der Waals surface area contributed by atoms with Crippen molar-refractivity contribution in [3.63, 3.8) is 0 Å². The highest BCUT2D eigenvalue weighted by atomic mass is 15.7. The minimum absolute atomic E-state index is 1.02. The van der Waals surface area contributed by atoms with E-state index in [1.807, 2.05) is 0 Å². The Morgan fingerprint density at radius 1 is 0.524 bits per heavy atom. The first kappa shape index (κ1) is 20.9. The highest BCUT2D eigenvalue weighted by Gasteiger charge is 1.99. The molecule has 0 heterocycles. The summed E-state index contributed by atoms with van der Waals surface area (Å²) in [6.07, 6.45) is 16.4. The van der Waals surface area contributed by atoms with Gasteiger partial charge in [-0.3, -0.25) is 0 Å². The predicted octanol–water partition coefficient (Wildman–Crippen LogP) is 5.04. The van der Waals surface area contributed by atoms with Crippen LogP contribution in [0.5, 0.6) is 0 Å². The second-order valence-electron chi connectivity index (χ2n) is 6.10. The van der Waals surface area contributed by atoms with Crippen molar-refractivity contribution >= 4 is 0 Å². The normalized spacial score (nSPS) is 11.4. The Morgan fingerprint density at radius 2 is 0.905 bits per heavy atom. The molecular formula is C18H41N3. The van der Waals surface area contributed by atoms with Crippen molar-refractivity contribution in [2.45, 2.75) is 97.8 Å². The molecule has 0 saturated heterocycles. The van der Waals surface area contributed by atoms with Crippen LogP contribution in [0.2, 0.25) is 0 Å². The van der Waals surface area contributed by atoms with E-state index in [4.69, 9.17) is 0 Å². The first-order chi connectivity index (χ1) is 10.3. The number of unbranched alkanes of at least 4 members (excludes halogenated alkanes) is 10. The highest BCUT2D eigenvalue weighted by molar-refractivity contribution is 4.50. The van der Waals surface area contributed by atoms with Crippen molar-refractivity contribution in [2.24, 2.45) is 0 Å². The maximum Gasteiger partial charge on any atom is 0.0259 e. The van der Waals surface area contributed by atoms with E-state index in [-0.39, 0.29) is 0 Å². The van der Waals surface area contributed by atoms with E-state index in [1.54, 1.807) is 0 Å². The molecule has 0 spiro atoms. The molecule has 0 aliphatic rings. The zero-order valence-corrected chi connectivity index (χ0v) is 15.1. The number of hydrazine groups is 2. The Morgan fingerprint density at radius 3 is 1.29 bits per heavy atom. The fourth-order valence-electron chi connectivity index (χ4n) is 2.52. The number of nitrogens with zero attached hydrogens (tertiary/aromatic N) is 1. The van der Waals surface area contributed by atoms with Crippen LogP contribution < -0.4 is 10.9 Å². The van der Waals surface area contributed by atoms with E-state index in [2.05, 4.69) is 36.7 Å². The summed E-state index contributed by atoms with van der Waals surface area (Å²) < 4.78 is 0. The highest BCUT2D eigenvalue weighted by Crippen LogP contribution is 2.05. The van der Waals surface area contributed by atoms with Gasteiger partial charge in [0.2, 0.25) is 0 Å². The fraction of sp³-hybridized carbons (Fsp3) is 1.00. The largest absolute Gasteiger partial charge is 0.242 e. The molecule has 3 heteroatoms. The summed E-state index contributed by atoms with van der Waals surface area (Å²) in [5.74, 6) is 0. The van der Waals surface area contributed by atoms with E-state index < -0.39 is 0 Å². The Hall–Kier alpha value is -0.120. The Labute approximate surface area is 134 Å². The first-order valence-corrected chi connectivity index (χ1v) is 9.59. The SMILES string of the molecule is CCCCCCCCNN(CC)NCCCCCCCC. The molecule has 0 saturated carbocycles. The molecule has 0 atom stereocenters. The zero-order chi connectivity index (χ0) is 15.6. The molecule has 0 aromatic carbocycles. The molecule has 0 aromatic heterocycles. The average Bonchev–Trinajstić information content (AvgIpc) is 2.51. The standard InChI is InChI=1S/C18H41N3/c1-4-7-9-11-13-15-17-19-21(6-3)20-18-16-14-12-10-8-5-2/h19-20H,4-18H2,1-3H3. The number of rotatable bonds is 17. The summed E-state index contributed by atoms with van der Waals surface area (Å²) in [6, 6.07) is 0. The Balaban J connectivity index is 3.29. The second kappa shape index (κ2) is 17.9. The topological polar surface area (TPSA) is 27.3 Å². The molecule has 0 aliphatic heterocycles. The van der Waals surface area contributed by atoms with Gasteiger partial charge in [-0.25, -0.2) is 10.9 Å². The van der Waals surface area contributed by atoms with Crippen LogP contribution in [-0.4, -0.2) is 24.8 Å². The van der Waals surface area contributed by atoms with Crippen LogP contribution in [0.15, 0.2) is 0 Å². The smallest absolute Gasteiger partial charge is 0.0259 e. The molecule has 0 aliphatic carbocycles. The maximum absolute atomic E-state index is 3.49. The zero-order valence-electron chi connectivity index (χ0n) is 15.1. The van der Waals surface area contributed by atoms with Crippen LogP contribution in [0.1, 0.15) is 97.8 Å². The van der Waals surface area contributed by atoms with Crippen molar-refractivity contribution in [3.05, 3.63) is 0 Å². The van der Waals surface area contributed by atoms with Gasteiger partial charge in [0.25, 0.3) is 0 Å². The van der Waals surface area contributed by atoms with Gasteiger partial charge >= 0.3 is 0 Å². The molecule has 3 nitrogen and oxygen atoms in total. The van der Waals surface area contributed by atoms with Crippen LogP contribution in [0.25, 0.3) is 0 Å². The molecule has 0 aromatic rings. The van der Waals surface area contributed by atoms with E-state index in [0.717, 1.165) is 19.6 Å². The minimum atomic E-state index is 1.02. The summed E-state index contributed by atoms with van der Waals surface area (Å²) in [4.78, 5) is 0. The monoisotopic (exact) mass is 299 g/mol. The van der Waals surface area contributed by atoms with Gasteiger partial charge in [-0.1, -0.05) is 78.1 Å². The van der Waals surface area contributed by atoms with Gasteiger partial charge in [0.05, 0.1) is 0 Å². The van der Waals surface area contributed by atoms with Gasteiger partial charge in [-0.2, -0.15) is 5.12 Å². The number of nitrogens with one attached hydrogen (secondary N) is 2. The van der Waals surface area contributed by atoms with E-state index >= 15 is 0 Å². The summed E-state index contributed by atoms with van der Waals surface area (Å²) >= 11 is 0. The summed E-state index contributed by atoms with van der Waals surface area (Å²) in [5.41, 5.74) is 6.99.